The zero-order valence-electron chi connectivity index (χ0n) is 9.73. The fourth-order valence-electron chi connectivity index (χ4n) is 1.96. The first-order valence-electron chi connectivity index (χ1n) is 5.65. The van der Waals surface area contributed by atoms with E-state index in [1.165, 1.54) is 0 Å². The van der Waals surface area contributed by atoms with E-state index in [0.717, 1.165) is 21.2 Å². The third-order valence-electron chi connectivity index (χ3n) is 2.87. The molecule has 0 bridgehead atoms. The van der Waals surface area contributed by atoms with Crippen LogP contribution in [0.25, 0.3) is 0 Å². The summed E-state index contributed by atoms with van der Waals surface area (Å²) in [5.74, 6) is 0. The fraction of sp³-hybridized carbons (Fsp3) is 0.200. The highest BCUT2D eigenvalue weighted by atomic mass is 79.9. The van der Waals surface area contributed by atoms with Crippen molar-refractivity contribution in [3.8, 4) is 0 Å². The molecule has 1 nitrogen and oxygen atoms in total. The summed E-state index contributed by atoms with van der Waals surface area (Å²) < 4.78 is 1.05. The van der Waals surface area contributed by atoms with Gasteiger partial charge in [0.05, 0.1) is 6.10 Å². The third kappa shape index (κ3) is 3.18. The van der Waals surface area contributed by atoms with Gasteiger partial charge in [-0.3, -0.25) is 0 Å². The molecule has 1 unspecified atom stereocenters. The molecular formula is C15H15BrO. The van der Waals surface area contributed by atoms with Gasteiger partial charge in [0, 0.05) is 10.9 Å². The van der Waals surface area contributed by atoms with Gasteiger partial charge in [-0.15, -0.1) is 0 Å². The molecule has 88 valence electrons. The summed E-state index contributed by atoms with van der Waals surface area (Å²) >= 11 is 3.44. The lowest BCUT2D eigenvalue weighted by molar-refractivity contribution is 0.177. The van der Waals surface area contributed by atoms with E-state index in [0.29, 0.717) is 6.42 Å². The molecule has 0 aliphatic heterocycles. The largest absolute Gasteiger partial charge is 0.388 e. The maximum absolute atomic E-state index is 10.2. The molecule has 2 aromatic rings. The Morgan fingerprint density at radius 3 is 2.59 bits per heavy atom. The van der Waals surface area contributed by atoms with Crippen molar-refractivity contribution in [2.45, 2.75) is 19.4 Å². The summed E-state index contributed by atoms with van der Waals surface area (Å²) in [4.78, 5) is 0. The first-order chi connectivity index (χ1) is 8.16. The van der Waals surface area contributed by atoms with Gasteiger partial charge in [-0.25, -0.2) is 0 Å². The molecule has 0 amide bonds. The molecule has 1 atom stereocenters. The number of aryl methyl sites for hydroxylation is 1. The van der Waals surface area contributed by atoms with Crippen molar-refractivity contribution in [1.82, 2.24) is 0 Å². The van der Waals surface area contributed by atoms with Crippen LogP contribution in [-0.4, -0.2) is 5.11 Å². The molecule has 0 radical (unpaired) electrons. The van der Waals surface area contributed by atoms with E-state index in [9.17, 15) is 5.11 Å². The van der Waals surface area contributed by atoms with E-state index in [1.807, 2.05) is 55.5 Å². The summed E-state index contributed by atoms with van der Waals surface area (Å²) in [6.07, 6.45) is 0.204. The Kier molecular flexibility index (Phi) is 3.97. The van der Waals surface area contributed by atoms with E-state index >= 15 is 0 Å². The number of aliphatic hydroxyl groups excluding tert-OH is 1. The second-order valence-corrected chi connectivity index (χ2v) is 5.12. The Hall–Kier alpha value is -1.12. The Morgan fingerprint density at radius 2 is 1.88 bits per heavy atom. The summed E-state index contributed by atoms with van der Waals surface area (Å²) in [7, 11) is 0. The third-order valence-corrected chi connectivity index (χ3v) is 3.36. The first-order valence-corrected chi connectivity index (χ1v) is 6.44. The zero-order valence-corrected chi connectivity index (χ0v) is 11.3. The SMILES string of the molecule is Cc1ccccc1C(O)Cc1cccc(Br)c1. The molecule has 0 saturated carbocycles. The molecule has 0 heterocycles. The number of hydrogen-bond acceptors (Lipinski definition) is 1. The number of rotatable bonds is 3. The van der Waals surface area contributed by atoms with Crippen molar-refractivity contribution >= 4 is 15.9 Å². The van der Waals surface area contributed by atoms with Crippen LogP contribution in [0.5, 0.6) is 0 Å². The molecule has 2 aromatic carbocycles. The molecular weight excluding hydrogens is 276 g/mol. The molecule has 0 saturated heterocycles. The van der Waals surface area contributed by atoms with Crippen molar-refractivity contribution in [3.63, 3.8) is 0 Å². The average Bonchev–Trinajstić information content (AvgIpc) is 2.29. The van der Waals surface area contributed by atoms with Crippen molar-refractivity contribution in [2.75, 3.05) is 0 Å². The minimum absolute atomic E-state index is 0.439. The number of halogens is 1. The molecule has 0 aliphatic rings. The van der Waals surface area contributed by atoms with Crippen LogP contribution >= 0.6 is 15.9 Å². The molecule has 0 fully saturated rings. The van der Waals surface area contributed by atoms with E-state index in [4.69, 9.17) is 0 Å². The average molecular weight is 291 g/mol. The normalized spacial score (nSPS) is 12.4. The van der Waals surface area contributed by atoms with E-state index in [-0.39, 0.29) is 0 Å². The van der Waals surface area contributed by atoms with Gasteiger partial charge in [0.25, 0.3) is 0 Å². The summed E-state index contributed by atoms with van der Waals surface area (Å²) in [6.45, 7) is 2.03. The molecule has 1 N–H and O–H groups in total. The van der Waals surface area contributed by atoms with Crippen LogP contribution in [0.4, 0.5) is 0 Å². The Labute approximate surface area is 110 Å². The first kappa shape index (κ1) is 12.3. The predicted molar refractivity (Wildman–Crippen MR) is 74.0 cm³/mol. The summed E-state index contributed by atoms with van der Waals surface area (Å²) in [5, 5.41) is 10.2. The smallest absolute Gasteiger partial charge is 0.0832 e. The maximum Gasteiger partial charge on any atom is 0.0832 e. The van der Waals surface area contributed by atoms with Crippen LogP contribution < -0.4 is 0 Å². The van der Waals surface area contributed by atoms with Gasteiger partial charge in [-0.1, -0.05) is 52.3 Å². The van der Waals surface area contributed by atoms with Gasteiger partial charge in [0.2, 0.25) is 0 Å². The fourth-order valence-corrected chi connectivity index (χ4v) is 2.40. The lowest BCUT2D eigenvalue weighted by atomic mass is 9.98. The van der Waals surface area contributed by atoms with Gasteiger partial charge in [0.15, 0.2) is 0 Å². The Balaban J connectivity index is 2.17. The van der Waals surface area contributed by atoms with Gasteiger partial charge in [-0.2, -0.15) is 0 Å². The Morgan fingerprint density at radius 1 is 1.12 bits per heavy atom. The standard InChI is InChI=1S/C15H15BrO/c1-11-5-2-3-8-14(11)15(17)10-12-6-4-7-13(16)9-12/h2-9,15,17H,10H2,1H3. The van der Waals surface area contributed by atoms with Gasteiger partial charge < -0.3 is 5.11 Å². The number of hydrogen-bond donors (Lipinski definition) is 1. The van der Waals surface area contributed by atoms with E-state index < -0.39 is 6.10 Å². The molecule has 17 heavy (non-hydrogen) atoms. The second-order valence-electron chi connectivity index (χ2n) is 4.21. The van der Waals surface area contributed by atoms with Gasteiger partial charge in [0.1, 0.15) is 0 Å². The highest BCUT2D eigenvalue weighted by Crippen LogP contribution is 2.22. The zero-order chi connectivity index (χ0) is 12.3. The van der Waals surface area contributed by atoms with Crippen molar-refractivity contribution in [3.05, 3.63) is 69.7 Å². The molecule has 2 heteroatoms. The topological polar surface area (TPSA) is 20.2 Å². The van der Waals surface area contributed by atoms with Crippen molar-refractivity contribution in [2.24, 2.45) is 0 Å². The number of benzene rings is 2. The van der Waals surface area contributed by atoms with E-state index in [1.54, 1.807) is 0 Å². The Bertz CT molecular complexity index is 508. The van der Waals surface area contributed by atoms with Crippen LogP contribution in [0.1, 0.15) is 22.8 Å². The van der Waals surface area contributed by atoms with Crippen LogP contribution in [0, 0.1) is 6.92 Å². The summed E-state index contributed by atoms with van der Waals surface area (Å²) in [6, 6.07) is 16.0. The van der Waals surface area contributed by atoms with Crippen molar-refractivity contribution in [1.29, 1.82) is 0 Å². The minimum Gasteiger partial charge on any atom is -0.388 e. The maximum atomic E-state index is 10.2. The molecule has 0 aromatic heterocycles. The van der Waals surface area contributed by atoms with E-state index in [2.05, 4.69) is 15.9 Å². The lowest BCUT2D eigenvalue weighted by Gasteiger charge is -2.13. The quantitative estimate of drug-likeness (QED) is 0.905. The molecule has 2 rings (SSSR count). The van der Waals surface area contributed by atoms with Gasteiger partial charge >= 0.3 is 0 Å². The van der Waals surface area contributed by atoms with Crippen LogP contribution in [-0.2, 0) is 6.42 Å². The van der Waals surface area contributed by atoms with Crippen LogP contribution in [0.15, 0.2) is 53.0 Å². The van der Waals surface area contributed by atoms with Crippen molar-refractivity contribution < 1.29 is 5.11 Å². The monoisotopic (exact) mass is 290 g/mol. The minimum atomic E-state index is -0.439. The van der Waals surface area contributed by atoms with Gasteiger partial charge in [-0.05, 0) is 35.7 Å². The summed E-state index contributed by atoms with van der Waals surface area (Å²) in [5.41, 5.74) is 3.28. The highest BCUT2D eigenvalue weighted by molar-refractivity contribution is 9.10. The van der Waals surface area contributed by atoms with Crippen LogP contribution in [0.3, 0.4) is 0 Å². The highest BCUT2D eigenvalue weighted by Gasteiger charge is 2.10. The number of aliphatic hydroxyl groups is 1. The predicted octanol–water partition coefficient (Wildman–Crippen LogP) is 4.03. The second kappa shape index (κ2) is 5.48. The van der Waals surface area contributed by atoms with Crippen LogP contribution in [0.2, 0.25) is 0 Å². The lowest BCUT2D eigenvalue weighted by Crippen LogP contribution is -2.03. The molecule has 0 aliphatic carbocycles. The molecule has 0 spiro atoms.